The molecule has 0 saturated heterocycles. The Labute approximate surface area is 148 Å². The number of rotatable bonds is 5. The highest BCUT2D eigenvalue weighted by molar-refractivity contribution is 5.89. The monoisotopic (exact) mass is 341 g/mol. The predicted molar refractivity (Wildman–Crippen MR) is 94.9 cm³/mol. The zero-order valence-corrected chi connectivity index (χ0v) is 14.7. The SMILES string of the molecule is COC(=O)c1ccc(CC2CC[C@H]([C@H](C)c3cncc(F)c3)C2)cc1. The number of aromatic nitrogens is 1. The van der Waals surface area contributed by atoms with E-state index in [0.717, 1.165) is 18.4 Å². The summed E-state index contributed by atoms with van der Waals surface area (Å²) in [5, 5.41) is 0. The van der Waals surface area contributed by atoms with E-state index in [4.69, 9.17) is 4.74 Å². The van der Waals surface area contributed by atoms with E-state index in [2.05, 4.69) is 11.9 Å². The standard InChI is InChI=1S/C21H24FNO2/c1-14(19-11-20(22)13-23-12-19)18-8-5-16(10-18)9-15-3-6-17(7-4-15)21(24)25-2/h3-4,6-7,11-14,16,18H,5,8-10H2,1-2H3/t14-,16?,18-/m0/s1. The van der Waals surface area contributed by atoms with Crippen LogP contribution in [0.3, 0.4) is 0 Å². The lowest BCUT2D eigenvalue weighted by atomic mass is 9.86. The largest absolute Gasteiger partial charge is 0.465 e. The molecule has 3 rings (SSSR count). The summed E-state index contributed by atoms with van der Waals surface area (Å²) in [5.41, 5.74) is 2.83. The van der Waals surface area contributed by atoms with Gasteiger partial charge in [-0.1, -0.05) is 19.1 Å². The van der Waals surface area contributed by atoms with Crippen molar-refractivity contribution in [3.05, 3.63) is 65.2 Å². The number of benzene rings is 1. The number of ether oxygens (including phenoxy) is 1. The minimum atomic E-state index is -0.301. The third-order valence-electron chi connectivity index (χ3n) is 5.44. The van der Waals surface area contributed by atoms with Gasteiger partial charge in [-0.3, -0.25) is 4.98 Å². The second-order valence-electron chi connectivity index (χ2n) is 7.06. The van der Waals surface area contributed by atoms with Gasteiger partial charge < -0.3 is 4.74 Å². The molecule has 0 aliphatic heterocycles. The molecule has 0 radical (unpaired) electrons. The zero-order valence-electron chi connectivity index (χ0n) is 14.7. The van der Waals surface area contributed by atoms with E-state index in [-0.39, 0.29) is 11.8 Å². The van der Waals surface area contributed by atoms with Crippen LogP contribution in [0.15, 0.2) is 42.7 Å². The first-order valence-corrected chi connectivity index (χ1v) is 8.84. The van der Waals surface area contributed by atoms with Crippen LogP contribution in [0.1, 0.15) is 53.6 Å². The van der Waals surface area contributed by atoms with Crippen molar-refractivity contribution in [1.82, 2.24) is 4.98 Å². The number of hydrogen-bond acceptors (Lipinski definition) is 3. The molecule has 1 fully saturated rings. The molecule has 1 aromatic heterocycles. The molecule has 1 aromatic carbocycles. The van der Waals surface area contributed by atoms with E-state index in [1.165, 1.54) is 31.7 Å². The topological polar surface area (TPSA) is 39.2 Å². The normalized spacial score (nSPS) is 21.1. The summed E-state index contributed by atoms with van der Waals surface area (Å²) in [6, 6.07) is 9.29. The molecule has 0 amide bonds. The van der Waals surface area contributed by atoms with Gasteiger partial charge in [0.1, 0.15) is 5.82 Å². The van der Waals surface area contributed by atoms with Gasteiger partial charge in [-0.05, 0) is 72.8 Å². The second-order valence-corrected chi connectivity index (χ2v) is 7.06. The minimum absolute atomic E-state index is 0.260. The summed E-state index contributed by atoms with van der Waals surface area (Å²) in [4.78, 5) is 15.5. The molecule has 1 heterocycles. The van der Waals surface area contributed by atoms with Gasteiger partial charge in [0.25, 0.3) is 0 Å². The first kappa shape index (κ1) is 17.6. The highest BCUT2D eigenvalue weighted by Crippen LogP contribution is 2.41. The van der Waals surface area contributed by atoms with Gasteiger partial charge in [0, 0.05) is 6.20 Å². The van der Waals surface area contributed by atoms with Gasteiger partial charge in [0.05, 0.1) is 18.9 Å². The van der Waals surface area contributed by atoms with Gasteiger partial charge in [0.15, 0.2) is 0 Å². The number of methoxy groups -OCH3 is 1. The molecule has 1 aliphatic carbocycles. The maximum atomic E-state index is 13.4. The third-order valence-corrected chi connectivity index (χ3v) is 5.44. The first-order chi connectivity index (χ1) is 12.1. The molecule has 0 N–H and O–H groups in total. The Bertz CT molecular complexity index is 729. The van der Waals surface area contributed by atoms with Crippen LogP contribution in [0.4, 0.5) is 4.39 Å². The molecule has 3 nitrogen and oxygen atoms in total. The molecule has 1 unspecified atom stereocenters. The Morgan fingerprint density at radius 1 is 1.28 bits per heavy atom. The fourth-order valence-corrected chi connectivity index (χ4v) is 3.93. The van der Waals surface area contributed by atoms with Crippen molar-refractivity contribution in [2.75, 3.05) is 7.11 Å². The molecule has 2 aromatic rings. The number of pyridine rings is 1. The molecule has 1 saturated carbocycles. The van der Waals surface area contributed by atoms with Crippen LogP contribution in [-0.2, 0) is 11.2 Å². The second kappa shape index (κ2) is 7.77. The highest BCUT2D eigenvalue weighted by Gasteiger charge is 2.29. The van der Waals surface area contributed by atoms with Gasteiger partial charge in [-0.15, -0.1) is 0 Å². The Kier molecular flexibility index (Phi) is 5.47. The Hall–Kier alpha value is -2.23. The number of carbonyl (C=O) groups excluding carboxylic acids is 1. The Balaban J connectivity index is 1.58. The lowest BCUT2D eigenvalue weighted by molar-refractivity contribution is 0.0600. The average molecular weight is 341 g/mol. The maximum Gasteiger partial charge on any atom is 0.337 e. The van der Waals surface area contributed by atoms with E-state index in [0.29, 0.717) is 23.3 Å². The van der Waals surface area contributed by atoms with Crippen molar-refractivity contribution in [3.8, 4) is 0 Å². The van der Waals surface area contributed by atoms with E-state index in [1.807, 2.05) is 24.3 Å². The van der Waals surface area contributed by atoms with Crippen molar-refractivity contribution in [3.63, 3.8) is 0 Å². The van der Waals surface area contributed by atoms with Crippen LogP contribution in [0.25, 0.3) is 0 Å². The third kappa shape index (κ3) is 4.25. The smallest absolute Gasteiger partial charge is 0.337 e. The fraction of sp³-hybridized carbons (Fsp3) is 0.429. The van der Waals surface area contributed by atoms with Crippen molar-refractivity contribution in [1.29, 1.82) is 0 Å². The Morgan fingerprint density at radius 3 is 2.72 bits per heavy atom. The first-order valence-electron chi connectivity index (χ1n) is 8.84. The molecule has 4 heteroatoms. The summed E-state index contributed by atoms with van der Waals surface area (Å²) in [5.74, 6) is 0.977. The van der Waals surface area contributed by atoms with Crippen LogP contribution in [0.5, 0.6) is 0 Å². The van der Waals surface area contributed by atoms with Crippen molar-refractivity contribution < 1.29 is 13.9 Å². The van der Waals surface area contributed by atoms with Crippen molar-refractivity contribution >= 4 is 5.97 Å². The molecule has 3 atom stereocenters. The van der Waals surface area contributed by atoms with E-state index >= 15 is 0 Å². The minimum Gasteiger partial charge on any atom is -0.465 e. The van der Waals surface area contributed by atoms with E-state index < -0.39 is 0 Å². The van der Waals surface area contributed by atoms with Crippen molar-refractivity contribution in [2.24, 2.45) is 11.8 Å². The number of esters is 1. The zero-order chi connectivity index (χ0) is 17.8. The van der Waals surface area contributed by atoms with E-state index in [9.17, 15) is 9.18 Å². The van der Waals surface area contributed by atoms with Crippen LogP contribution >= 0.6 is 0 Å². The summed E-state index contributed by atoms with van der Waals surface area (Å²) in [7, 11) is 1.39. The van der Waals surface area contributed by atoms with Crippen LogP contribution in [0.2, 0.25) is 0 Å². The van der Waals surface area contributed by atoms with Gasteiger partial charge >= 0.3 is 5.97 Å². The van der Waals surface area contributed by atoms with Crippen LogP contribution in [-0.4, -0.2) is 18.1 Å². The molecular formula is C21H24FNO2. The summed E-state index contributed by atoms with van der Waals surface area (Å²) >= 11 is 0. The molecule has 132 valence electrons. The molecule has 25 heavy (non-hydrogen) atoms. The number of carbonyl (C=O) groups is 1. The highest BCUT2D eigenvalue weighted by atomic mass is 19.1. The quantitative estimate of drug-likeness (QED) is 0.735. The molecule has 0 bridgehead atoms. The summed E-state index contributed by atoms with van der Waals surface area (Å²) in [6.45, 7) is 2.18. The summed E-state index contributed by atoms with van der Waals surface area (Å²) in [6.07, 6.45) is 7.57. The van der Waals surface area contributed by atoms with E-state index in [1.54, 1.807) is 12.3 Å². The van der Waals surface area contributed by atoms with Crippen LogP contribution in [0, 0.1) is 17.7 Å². The van der Waals surface area contributed by atoms with Crippen LogP contribution < -0.4 is 0 Å². The molecule has 1 aliphatic rings. The van der Waals surface area contributed by atoms with Gasteiger partial charge in [0.2, 0.25) is 0 Å². The lowest BCUT2D eigenvalue weighted by Gasteiger charge is -2.19. The summed E-state index contributed by atoms with van der Waals surface area (Å²) < 4.78 is 18.1. The predicted octanol–water partition coefficient (Wildman–Crippen LogP) is 4.77. The average Bonchev–Trinajstić information content (AvgIpc) is 3.09. The van der Waals surface area contributed by atoms with Crippen molar-refractivity contribution in [2.45, 2.75) is 38.5 Å². The number of hydrogen-bond donors (Lipinski definition) is 0. The Morgan fingerprint density at radius 2 is 2.04 bits per heavy atom. The molecule has 0 spiro atoms. The number of halogens is 1. The fourth-order valence-electron chi connectivity index (χ4n) is 3.93. The van der Waals surface area contributed by atoms with Gasteiger partial charge in [-0.25, -0.2) is 9.18 Å². The number of nitrogens with zero attached hydrogens (tertiary/aromatic N) is 1. The van der Waals surface area contributed by atoms with Gasteiger partial charge in [-0.2, -0.15) is 0 Å². The molecular weight excluding hydrogens is 317 g/mol. The lowest BCUT2D eigenvalue weighted by Crippen LogP contribution is -2.08. The maximum absolute atomic E-state index is 13.4.